The highest BCUT2D eigenvalue weighted by atomic mass is 19.4. The Labute approximate surface area is 175 Å². The van der Waals surface area contributed by atoms with Crippen molar-refractivity contribution in [2.24, 2.45) is 4.99 Å². The van der Waals surface area contributed by atoms with E-state index in [1.165, 1.54) is 41.3 Å². The van der Waals surface area contributed by atoms with Gasteiger partial charge in [0, 0.05) is 37.2 Å². The number of rotatable bonds is 2. The number of amides is 3. The summed E-state index contributed by atoms with van der Waals surface area (Å²) in [5.74, 6) is -0.786. The van der Waals surface area contributed by atoms with E-state index in [1.54, 1.807) is 0 Å². The molecule has 2 aliphatic heterocycles. The standard InChI is InChI=1S/C21H18F4N4O2/c22-15-6-4-13(5-7-15)17-18(30)28-20(27-17)8-10-29(11-9-20)19(31)26-16-3-1-2-14(12-16)21(23,24)25/h1-7,12H,8-11H2,(H,26,31)(H,28,30). The van der Waals surface area contributed by atoms with Gasteiger partial charge < -0.3 is 15.5 Å². The summed E-state index contributed by atoms with van der Waals surface area (Å²) in [7, 11) is 0. The number of benzene rings is 2. The normalized spacial score (nSPS) is 18.0. The smallest absolute Gasteiger partial charge is 0.326 e. The first kappa shape index (κ1) is 20.8. The Morgan fingerprint density at radius 3 is 2.42 bits per heavy atom. The lowest BCUT2D eigenvalue weighted by molar-refractivity contribution is -0.137. The highest BCUT2D eigenvalue weighted by Crippen LogP contribution is 2.32. The maximum Gasteiger partial charge on any atom is 0.416 e. The van der Waals surface area contributed by atoms with Crippen LogP contribution in [0.4, 0.5) is 28.0 Å². The van der Waals surface area contributed by atoms with Crippen molar-refractivity contribution in [2.45, 2.75) is 24.7 Å². The summed E-state index contributed by atoms with van der Waals surface area (Å²) in [6.45, 7) is 0.510. The molecule has 2 aliphatic rings. The maximum atomic E-state index is 13.1. The molecule has 4 rings (SSSR count). The Bertz CT molecular complexity index is 1040. The first-order chi connectivity index (χ1) is 14.7. The van der Waals surface area contributed by atoms with E-state index in [1.807, 2.05) is 0 Å². The van der Waals surface area contributed by atoms with Crippen molar-refractivity contribution in [3.63, 3.8) is 0 Å². The molecule has 2 N–H and O–H groups in total. The topological polar surface area (TPSA) is 73.8 Å². The fourth-order valence-corrected chi connectivity index (χ4v) is 3.66. The molecule has 0 bridgehead atoms. The summed E-state index contributed by atoms with van der Waals surface area (Å²) in [6, 6.07) is 9.33. The van der Waals surface area contributed by atoms with Gasteiger partial charge in [-0.05, 0) is 42.5 Å². The Kier molecular flexibility index (Phi) is 5.16. The van der Waals surface area contributed by atoms with Gasteiger partial charge >= 0.3 is 12.2 Å². The van der Waals surface area contributed by atoms with Crippen molar-refractivity contribution in [1.29, 1.82) is 0 Å². The number of urea groups is 1. The monoisotopic (exact) mass is 434 g/mol. The van der Waals surface area contributed by atoms with Gasteiger partial charge in [0.05, 0.1) is 5.56 Å². The van der Waals surface area contributed by atoms with Crippen LogP contribution >= 0.6 is 0 Å². The number of nitrogens with zero attached hydrogens (tertiary/aromatic N) is 2. The maximum absolute atomic E-state index is 13.1. The lowest BCUT2D eigenvalue weighted by Gasteiger charge is -2.37. The zero-order valence-electron chi connectivity index (χ0n) is 16.2. The highest BCUT2D eigenvalue weighted by Gasteiger charge is 2.43. The Morgan fingerprint density at radius 1 is 1.10 bits per heavy atom. The molecular weight excluding hydrogens is 416 g/mol. The van der Waals surface area contributed by atoms with Crippen molar-refractivity contribution in [2.75, 3.05) is 18.4 Å². The molecule has 0 saturated carbocycles. The van der Waals surface area contributed by atoms with E-state index >= 15 is 0 Å². The molecule has 1 spiro atoms. The molecule has 162 valence electrons. The van der Waals surface area contributed by atoms with Gasteiger partial charge in [0.25, 0.3) is 5.91 Å². The number of likely N-dealkylation sites (tertiary alicyclic amines) is 1. The van der Waals surface area contributed by atoms with E-state index in [9.17, 15) is 27.2 Å². The van der Waals surface area contributed by atoms with Crippen LogP contribution in [0.15, 0.2) is 53.5 Å². The van der Waals surface area contributed by atoms with Gasteiger partial charge in [-0.1, -0.05) is 6.07 Å². The summed E-state index contributed by atoms with van der Waals surface area (Å²) in [4.78, 5) is 30.9. The van der Waals surface area contributed by atoms with E-state index in [0.29, 0.717) is 18.4 Å². The molecule has 0 unspecified atom stereocenters. The molecule has 10 heteroatoms. The molecular formula is C21H18F4N4O2. The Hall–Kier alpha value is -3.43. The second-order valence-corrected chi connectivity index (χ2v) is 7.45. The predicted octanol–water partition coefficient (Wildman–Crippen LogP) is 3.79. The molecule has 1 fully saturated rings. The van der Waals surface area contributed by atoms with Crippen molar-refractivity contribution in [3.8, 4) is 0 Å². The SMILES string of the molecule is O=C1NC2(CCN(C(=O)Nc3cccc(C(F)(F)F)c3)CC2)N=C1c1ccc(F)cc1. The zero-order chi connectivity index (χ0) is 22.2. The first-order valence-electron chi connectivity index (χ1n) is 9.57. The minimum Gasteiger partial charge on any atom is -0.326 e. The average Bonchev–Trinajstić information content (AvgIpc) is 3.04. The van der Waals surface area contributed by atoms with Crippen molar-refractivity contribution in [1.82, 2.24) is 10.2 Å². The number of hydrogen-bond donors (Lipinski definition) is 2. The first-order valence-corrected chi connectivity index (χ1v) is 9.57. The van der Waals surface area contributed by atoms with Crippen molar-refractivity contribution < 1.29 is 27.2 Å². The van der Waals surface area contributed by atoms with Gasteiger partial charge in [-0.2, -0.15) is 13.2 Å². The van der Waals surface area contributed by atoms with Crippen LogP contribution in [-0.2, 0) is 11.0 Å². The quantitative estimate of drug-likeness (QED) is 0.706. The summed E-state index contributed by atoms with van der Waals surface area (Å²) in [6.07, 6.45) is -3.81. The molecule has 2 heterocycles. The molecule has 2 aromatic rings. The van der Waals surface area contributed by atoms with Crippen LogP contribution in [0.5, 0.6) is 0 Å². The summed E-state index contributed by atoms with van der Waals surface area (Å²) >= 11 is 0. The molecule has 3 amide bonds. The molecule has 0 aliphatic carbocycles. The number of nitrogens with one attached hydrogen (secondary N) is 2. The van der Waals surface area contributed by atoms with E-state index < -0.39 is 29.3 Å². The van der Waals surface area contributed by atoms with Crippen molar-refractivity contribution in [3.05, 3.63) is 65.5 Å². The lowest BCUT2D eigenvalue weighted by atomic mass is 9.98. The second kappa shape index (κ2) is 7.68. The summed E-state index contributed by atoms with van der Waals surface area (Å²) in [5.41, 5.74) is -0.944. The van der Waals surface area contributed by atoms with Crippen molar-refractivity contribution >= 4 is 23.3 Å². The number of aliphatic imine (C=N–C) groups is 1. The largest absolute Gasteiger partial charge is 0.416 e. The third kappa shape index (κ3) is 4.37. The average molecular weight is 434 g/mol. The number of alkyl halides is 3. The fraction of sp³-hybridized carbons (Fsp3) is 0.286. The molecule has 6 nitrogen and oxygen atoms in total. The number of carbonyl (C=O) groups excluding carboxylic acids is 2. The van der Waals surface area contributed by atoms with Gasteiger partial charge in [0.15, 0.2) is 0 Å². The summed E-state index contributed by atoms with van der Waals surface area (Å²) < 4.78 is 51.7. The van der Waals surface area contributed by atoms with Crippen LogP contribution in [0.25, 0.3) is 0 Å². The predicted molar refractivity (Wildman–Crippen MR) is 105 cm³/mol. The van der Waals surface area contributed by atoms with E-state index in [0.717, 1.165) is 12.1 Å². The lowest BCUT2D eigenvalue weighted by Crippen LogP contribution is -2.53. The second-order valence-electron chi connectivity index (χ2n) is 7.45. The van der Waals surface area contributed by atoms with Crippen LogP contribution in [0.3, 0.4) is 0 Å². The molecule has 2 aromatic carbocycles. The molecule has 31 heavy (non-hydrogen) atoms. The van der Waals surface area contributed by atoms with Crippen LogP contribution in [0.2, 0.25) is 0 Å². The van der Waals surface area contributed by atoms with Crippen LogP contribution in [0.1, 0.15) is 24.0 Å². The zero-order valence-corrected chi connectivity index (χ0v) is 16.2. The van der Waals surface area contributed by atoms with Crippen LogP contribution < -0.4 is 10.6 Å². The van der Waals surface area contributed by atoms with Gasteiger partial charge in [-0.25, -0.2) is 9.18 Å². The third-order valence-corrected chi connectivity index (χ3v) is 5.32. The molecule has 1 saturated heterocycles. The van der Waals surface area contributed by atoms with Crippen LogP contribution in [0, 0.1) is 5.82 Å². The number of carbonyl (C=O) groups is 2. The van der Waals surface area contributed by atoms with Gasteiger partial charge in [-0.15, -0.1) is 0 Å². The molecule has 0 aromatic heterocycles. The van der Waals surface area contributed by atoms with Crippen LogP contribution in [-0.4, -0.2) is 41.3 Å². The Balaban J connectivity index is 1.41. The van der Waals surface area contributed by atoms with E-state index in [2.05, 4.69) is 15.6 Å². The number of halogens is 4. The third-order valence-electron chi connectivity index (χ3n) is 5.32. The Morgan fingerprint density at radius 2 is 1.77 bits per heavy atom. The number of piperidine rings is 1. The fourth-order valence-electron chi connectivity index (χ4n) is 3.66. The van der Waals surface area contributed by atoms with E-state index in [-0.39, 0.29) is 30.4 Å². The number of anilines is 1. The van der Waals surface area contributed by atoms with E-state index in [4.69, 9.17) is 0 Å². The number of hydrogen-bond acceptors (Lipinski definition) is 3. The minimum absolute atomic E-state index is 0.0471. The summed E-state index contributed by atoms with van der Waals surface area (Å²) in [5, 5.41) is 5.33. The minimum atomic E-state index is -4.50. The van der Waals surface area contributed by atoms with Gasteiger partial charge in [0.2, 0.25) is 0 Å². The van der Waals surface area contributed by atoms with Gasteiger partial charge in [-0.3, -0.25) is 9.79 Å². The van der Waals surface area contributed by atoms with Gasteiger partial charge in [0.1, 0.15) is 17.2 Å². The molecule has 0 radical (unpaired) electrons. The molecule has 0 atom stereocenters. The highest BCUT2D eigenvalue weighted by molar-refractivity contribution is 6.46.